The number of hydrogen-bond donors (Lipinski definition) is 1. The Labute approximate surface area is 265 Å². The van der Waals surface area contributed by atoms with Crippen LogP contribution in [0.5, 0.6) is 5.75 Å². The van der Waals surface area contributed by atoms with Crippen molar-refractivity contribution in [2.45, 2.75) is 30.4 Å². The third kappa shape index (κ3) is 6.46. The molecule has 1 heterocycles. The molecule has 0 aromatic heterocycles. The van der Waals surface area contributed by atoms with Gasteiger partial charge in [0.15, 0.2) is 0 Å². The van der Waals surface area contributed by atoms with Gasteiger partial charge in [-0.15, -0.1) is 0 Å². The Hall–Kier alpha value is -2.26. The van der Waals surface area contributed by atoms with Gasteiger partial charge in [-0.1, -0.05) is 54.1 Å². The molecule has 1 aliphatic heterocycles. The number of sulfonamides is 1. The molecule has 4 aromatic rings. The van der Waals surface area contributed by atoms with Crippen LogP contribution in [-0.4, -0.2) is 37.4 Å². The van der Waals surface area contributed by atoms with Gasteiger partial charge in [-0.25, -0.2) is 13.8 Å². The molecule has 1 saturated heterocycles. The Bertz CT molecular complexity index is 1670. The maximum absolute atomic E-state index is 13.1. The van der Waals surface area contributed by atoms with Gasteiger partial charge in [-0.05, 0) is 116 Å². The number of nitrogens with zero attached hydrogens (tertiary/aromatic N) is 2. The minimum Gasteiger partial charge on any atom is -0.487 e. The highest BCUT2D eigenvalue weighted by atomic mass is 127. The number of rotatable bonds is 8. The van der Waals surface area contributed by atoms with Gasteiger partial charge in [0, 0.05) is 11.6 Å². The number of hydrazone groups is 1. The van der Waals surface area contributed by atoms with E-state index in [9.17, 15) is 13.2 Å². The van der Waals surface area contributed by atoms with Crippen molar-refractivity contribution in [2.75, 3.05) is 6.54 Å². The number of halogens is 3. The number of ether oxygens (including phenoxy) is 1. The third-order valence-corrected chi connectivity index (χ3v) is 10.4. The van der Waals surface area contributed by atoms with Gasteiger partial charge in [0.25, 0.3) is 5.91 Å². The second kappa shape index (κ2) is 12.7. The molecule has 0 saturated carbocycles. The molecule has 1 atom stereocenters. The van der Waals surface area contributed by atoms with E-state index >= 15 is 0 Å². The van der Waals surface area contributed by atoms with Gasteiger partial charge in [0.1, 0.15) is 18.4 Å². The van der Waals surface area contributed by atoms with Crippen molar-refractivity contribution in [2.24, 2.45) is 5.10 Å². The van der Waals surface area contributed by atoms with Crippen LogP contribution < -0.4 is 10.2 Å². The summed E-state index contributed by atoms with van der Waals surface area (Å²) in [5.74, 6) is 0.315. The number of benzene rings is 4. The maximum Gasteiger partial charge on any atom is 0.258 e. The lowest BCUT2D eigenvalue weighted by atomic mass is 10.1. The minimum atomic E-state index is -3.83. The molecule has 40 heavy (non-hydrogen) atoms. The number of carbonyl (C=O) groups excluding carboxylic acids is 1. The molecule has 206 valence electrons. The standard InChI is InChI=1S/C29H24ClI2N3O4S/c30-22-10-12-23(13-11-22)40(37,38)35-14-4-9-27(35)29(36)34-33-17-19-15-25(31)28(26(32)16-19)39-18-21-7-3-6-20-5-1-2-8-24(20)21/h1-3,5-8,10-13,15-17,27H,4,9,14,18H2,(H,34,36)/b33-17-/t27-/m0/s1. The van der Waals surface area contributed by atoms with E-state index in [2.05, 4.69) is 80.0 Å². The fourth-order valence-corrected chi connectivity index (χ4v) is 8.55. The zero-order valence-corrected chi connectivity index (χ0v) is 26.9. The van der Waals surface area contributed by atoms with E-state index < -0.39 is 22.0 Å². The lowest BCUT2D eigenvalue weighted by Gasteiger charge is -2.22. The number of amides is 1. The lowest BCUT2D eigenvalue weighted by molar-refractivity contribution is -0.124. The summed E-state index contributed by atoms with van der Waals surface area (Å²) in [5, 5.41) is 6.89. The van der Waals surface area contributed by atoms with Gasteiger partial charge in [0.05, 0.1) is 18.3 Å². The smallest absolute Gasteiger partial charge is 0.258 e. The van der Waals surface area contributed by atoms with E-state index in [1.807, 2.05) is 30.3 Å². The number of fused-ring (bicyclic) bond motifs is 1. The first kappa shape index (κ1) is 29.2. The predicted molar refractivity (Wildman–Crippen MR) is 174 cm³/mol. The quantitative estimate of drug-likeness (QED) is 0.124. The number of hydrogen-bond acceptors (Lipinski definition) is 5. The molecule has 5 rings (SSSR count). The zero-order valence-electron chi connectivity index (χ0n) is 21.1. The van der Waals surface area contributed by atoms with Crippen LogP contribution in [0.4, 0.5) is 0 Å². The highest BCUT2D eigenvalue weighted by molar-refractivity contribution is 14.1. The summed E-state index contributed by atoms with van der Waals surface area (Å²) in [6.07, 6.45) is 2.56. The molecule has 1 amide bonds. The Morgan fingerprint density at radius 3 is 2.50 bits per heavy atom. The summed E-state index contributed by atoms with van der Waals surface area (Å²) >= 11 is 10.4. The lowest BCUT2D eigenvalue weighted by Crippen LogP contribution is -2.44. The van der Waals surface area contributed by atoms with Crippen LogP contribution in [0.15, 0.2) is 88.9 Å². The van der Waals surface area contributed by atoms with Crippen molar-refractivity contribution < 1.29 is 17.9 Å². The van der Waals surface area contributed by atoms with Gasteiger partial charge in [-0.3, -0.25) is 4.79 Å². The average molecular weight is 800 g/mol. The van der Waals surface area contributed by atoms with Crippen LogP contribution in [0.1, 0.15) is 24.0 Å². The molecule has 1 aliphatic rings. The van der Waals surface area contributed by atoms with Crippen molar-refractivity contribution in [1.29, 1.82) is 0 Å². The Morgan fingerprint density at radius 2 is 1.75 bits per heavy atom. The first-order valence-electron chi connectivity index (χ1n) is 12.4. The van der Waals surface area contributed by atoms with Crippen LogP contribution in [0.25, 0.3) is 10.8 Å². The molecule has 7 nitrogen and oxygen atoms in total. The molecule has 11 heteroatoms. The van der Waals surface area contributed by atoms with Crippen molar-refractivity contribution >= 4 is 89.7 Å². The van der Waals surface area contributed by atoms with Gasteiger partial charge in [-0.2, -0.15) is 9.41 Å². The van der Waals surface area contributed by atoms with Crippen molar-refractivity contribution in [3.05, 3.63) is 102 Å². The number of carbonyl (C=O) groups is 1. The topological polar surface area (TPSA) is 88.1 Å². The molecule has 4 aromatic carbocycles. The summed E-state index contributed by atoms with van der Waals surface area (Å²) in [4.78, 5) is 13.0. The molecule has 0 bridgehead atoms. The molecule has 0 radical (unpaired) electrons. The molecule has 0 unspecified atom stereocenters. The fraction of sp³-hybridized carbons (Fsp3) is 0.172. The van der Waals surface area contributed by atoms with Crippen LogP contribution in [0.3, 0.4) is 0 Å². The normalized spacial score (nSPS) is 16.0. The van der Waals surface area contributed by atoms with Crippen molar-refractivity contribution in [3.63, 3.8) is 0 Å². The van der Waals surface area contributed by atoms with E-state index in [0.29, 0.717) is 24.5 Å². The second-order valence-corrected chi connectivity index (χ2v) is 13.9. The average Bonchev–Trinajstić information content (AvgIpc) is 3.44. The number of nitrogens with one attached hydrogen (secondary N) is 1. The highest BCUT2D eigenvalue weighted by Gasteiger charge is 2.39. The summed E-state index contributed by atoms with van der Waals surface area (Å²) < 4.78 is 35.5. The Morgan fingerprint density at radius 1 is 1.05 bits per heavy atom. The molecule has 1 N–H and O–H groups in total. The molecular weight excluding hydrogens is 776 g/mol. The first-order valence-corrected chi connectivity index (χ1v) is 16.4. The summed E-state index contributed by atoms with van der Waals surface area (Å²) in [7, 11) is -3.83. The van der Waals surface area contributed by atoms with Gasteiger partial charge in [0.2, 0.25) is 10.0 Å². The Balaban J connectivity index is 1.24. The fourth-order valence-electron chi connectivity index (χ4n) is 4.64. The van der Waals surface area contributed by atoms with Crippen LogP contribution >= 0.6 is 56.8 Å². The van der Waals surface area contributed by atoms with Crippen LogP contribution in [-0.2, 0) is 21.4 Å². The van der Waals surface area contributed by atoms with Crippen molar-refractivity contribution in [3.8, 4) is 5.75 Å². The van der Waals surface area contributed by atoms with Crippen LogP contribution in [0, 0.1) is 7.14 Å². The molecular formula is C29H24ClI2N3O4S. The zero-order chi connectivity index (χ0) is 28.3. The highest BCUT2D eigenvalue weighted by Crippen LogP contribution is 2.31. The monoisotopic (exact) mass is 799 g/mol. The minimum absolute atomic E-state index is 0.104. The third-order valence-electron chi connectivity index (χ3n) is 6.59. The van der Waals surface area contributed by atoms with E-state index in [1.54, 1.807) is 6.21 Å². The summed E-state index contributed by atoms with van der Waals surface area (Å²) in [5.41, 5.74) is 4.41. The Kier molecular flexibility index (Phi) is 9.30. The van der Waals surface area contributed by atoms with E-state index in [4.69, 9.17) is 16.3 Å². The van der Waals surface area contributed by atoms with E-state index in [-0.39, 0.29) is 11.4 Å². The molecule has 1 fully saturated rings. The molecule has 0 spiro atoms. The summed E-state index contributed by atoms with van der Waals surface area (Å²) in [6.45, 7) is 0.705. The van der Waals surface area contributed by atoms with E-state index in [1.165, 1.54) is 34.0 Å². The van der Waals surface area contributed by atoms with Crippen molar-refractivity contribution in [1.82, 2.24) is 9.73 Å². The van der Waals surface area contributed by atoms with Crippen LogP contribution in [0.2, 0.25) is 5.02 Å². The maximum atomic E-state index is 13.1. The van der Waals surface area contributed by atoms with Gasteiger partial charge < -0.3 is 4.74 Å². The predicted octanol–water partition coefficient (Wildman–Crippen LogP) is 6.58. The second-order valence-electron chi connectivity index (χ2n) is 9.20. The van der Waals surface area contributed by atoms with E-state index in [0.717, 1.165) is 29.4 Å². The van der Waals surface area contributed by atoms with Gasteiger partial charge >= 0.3 is 0 Å². The largest absolute Gasteiger partial charge is 0.487 e. The SMILES string of the molecule is O=C(N/N=C\c1cc(I)c(OCc2cccc3ccccc23)c(I)c1)[C@@H]1CCCN1S(=O)(=O)c1ccc(Cl)cc1. The summed E-state index contributed by atoms with van der Waals surface area (Å²) in [6, 6.07) is 23.4. The first-order chi connectivity index (χ1) is 19.2. The molecule has 0 aliphatic carbocycles.